The largest absolute Gasteiger partial charge is 0.496 e. The summed E-state index contributed by atoms with van der Waals surface area (Å²) in [5, 5.41) is 1.51. The van der Waals surface area contributed by atoms with E-state index in [0.717, 1.165) is 5.75 Å². The lowest BCUT2D eigenvalue weighted by atomic mass is 10.1. The monoisotopic (exact) mass is 208 g/mol. The van der Waals surface area contributed by atoms with Gasteiger partial charge in [-0.15, -0.1) is 0 Å². The normalized spacial score (nSPS) is 11.6. The van der Waals surface area contributed by atoms with Crippen LogP contribution in [0.5, 0.6) is 5.75 Å². The fourth-order valence-electron chi connectivity index (χ4n) is 1.71. The Balaban J connectivity index is 3.28. The summed E-state index contributed by atoms with van der Waals surface area (Å²) in [6.45, 7) is 11.3. The highest BCUT2D eigenvalue weighted by atomic mass is 28.3. The summed E-state index contributed by atoms with van der Waals surface area (Å²) in [7, 11) is 0.552. The number of rotatable bonds is 2. The van der Waals surface area contributed by atoms with Crippen molar-refractivity contribution < 1.29 is 4.74 Å². The molecule has 14 heavy (non-hydrogen) atoms. The Morgan fingerprint density at radius 2 is 1.43 bits per heavy atom. The Morgan fingerprint density at radius 1 is 1.00 bits per heavy atom. The number of hydrogen-bond donors (Lipinski definition) is 0. The van der Waals surface area contributed by atoms with Gasteiger partial charge in [-0.1, -0.05) is 37.0 Å². The van der Waals surface area contributed by atoms with Gasteiger partial charge in [0.15, 0.2) is 0 Å². The van der Waals surface area contributed by atoms with E-state index >= 15 is 0 Å². The van der Waals surface area contributed by atoms with Crippen LogP contribution < -0.4 is 9.92 Å². The number of aryl methyl sites for hydroxylation is 2. The van der Waals surface area contributed by atoms with Gasteiger partial charge in [0.1, 0.15) is 5.75 Å². The lowest BCUT2D eigenvalue weighted by Crippen LogP contribution is -2.37. The summed E-state index contributed by atoms with van der Waals surface area (Å²) < 4.78 is 5.36. The molecule has 1 aromatic carbocycles. The Kier molecular flexibility index (Phi) is 3.05. The summed E-state index contributed by atoms with van der Waals surface area (Å²) in [5.41, 5.74) is 2.51. The van der Waals surface area contributed by atoms with Crippen molar-refractivity contribution in [3.63, 3.8) is 0 Å². The number of methoxy groups -OCH3 is 1. The van der Waals surface area contributed by atoms with Crippen molar-refractivity contribution in [3.05, 3.63) is 23.3 Å². The first-order valence-electron chi connectivity index (χ1n) is 5.02. The van der Waals surface area contributed by atoms with Gasteiger partial charge in [0, 0.05) is 0 Å². The van der Waals surface area contributed by atoms with Gasteiger partial charge in [-0.2, -0.15) is 0 Å². The molecule has 0 radical (unpaired) electrons. The molecule has 78 valence electrons. The Hall–Kier alpha value is -0.763. The summed E-state index contributed by atoms with van der Waals surface area (Å²) in [6, 6.07) is 4.55. The Morgan fingerprint density at radius 3 is 1.71 bits per heavy atom. The molecule has 0 amide bonds. The van der Waals surface area contributed by atoms with E-state index in [4.69, 9.17) is 4.74 Å². The maximum Gasteiger partial charge on any atom is 0.124 e. The average molecular weight is 208 g/mol. The molecule has 0 saturated heterocycles. The van der Waals surface area contributed by atoms with Gasteiger partial charge in [-0.05, 0) is 25.0 Å². The average Bonchev–Trinajstić information content (AvgIpc) is 2.01. The van der Waals surface area contributed by atoms with Gasteiger partial charge >= 0.3 is 0 Å². The summed E-state index contributed by atoms with van der Waals surface area (Å²) in [6.07, 6.45) is 0. The third-order valence-corrected chi connectivity index (χ3v) is 4.55. The van der Waals surface area contributed by atoms with E-state index in [1.54, 1.807) is 7.11 Å². The molecule has 1 rings (SSSR count). The van der Waals surface area contributed by atoms with Crippen molar-refractivity contribution in [3.8, 4) is 5.75 Å². The molecule has 0 spiro atoms. The molecule has 0 N–H and O–H groups in total. The highest BCUT2D eigenvalue weighted by Gasteiger charge is 2.18. The second-order valence-electron chi connectivity index (χ2n) is 4.89. The zero-order valence-corrected chi connectivity index (χ0v) is 11.1. The van der Waals surface area contributed by atoms with Gasteiger partial charge < -0.3 is 4.74 Å². The highest BCUT2D eigenvalue weighted by Crippen LogP contribution is 2.22. The van der Waals surface area contributed by atoms with E-state index in [9.17, 15) is 0 Å². The highest BCUT2D eigenvalue weighted by molar-refractivity contribution is 6.88. The number of hydrogen-bond acceptors (Lipinski definition) is 1. The second-order valence-corrected chi connectivity index (χ2v) is 9.97. The van der Waals surface area contributed by atoms with Gasteiger partial charge in [-0.25, -0.2) is 0 Å². The first-order valence-corrected chi connectivity index (χ1v) is 8.52. The van der Waals surface area contributed by atoms with Crippen molar-refractivity contribution in [2.75, 3.05) is 7.11 Å². The van der Waals surface area contributed by atoms with Crippen molar-refractivity contribution >= 4 is 13.3 Å². The van der Waals surface area contributed by atoms with Crippen LogP contribution in [0.2, 0.25) is 19.6 Å². The Labute approximate surface area is 88.1 Å². The molecule has 0 aliphatic heterocycles. The fraction of sp³-hybridized carbons (Fsp3) is 0.500. The minimum absolute atomic E-state index is 1.03. The first kappa shape index (κ1) is 11.3. The predicted molar refractivity (Wildman–Crippen MR) is 65.4 cm³/mol. The zero-order valence-electron chi connectivity index (χ0n) is 10.1. The number of ether oxygens (including phenoxy) is 1. The Bertz CT molecular complexity index is 314. The van der Waals surface area contributed by atoms with Crippen LogP contribution in [0.4, 0.5) is 0 Å². The molecule has 2 heteroatoms. The first-order chi connectivity index (χ1) is 6.36. The van der Waals surface area contributed by atoms with Crippen LogP contribution >= 0.6 is 0 Å². The van der Waals surface area contributed by atoms with Gasteiger partial charge in [0.2, 0.25) is 0 Å². The molecule has 0 fully saturated rings. The molecule has 0 aliphatic rings. The van der Waals surface area contributed by atoms with Gasteiger partial charge in [0.05, 0.1) is 15.2 Å². The minimum Gasteiger partial charge on any atom is -0.496 e. The molecule has 0 aromatic heterocycles. The fourth-order valence-corrected chi connectivity index (χ4v) is 3.00. The minimum atomic E-state index is -1.19. The van der Waals surface area contributed by atoms with Crippen molar-refractivity contribution in [2.24, 2.45) is 0 Å². The molecule has 0 saturated carbocycles. The maximum absolute atomic E-state index is 5.36. The van der Waals surface area contributed by atoms with Crippen molar-refractivity contribution in [1.29, 1.82) is 0 Å². The van der Waals surface area contributed by atoms with Crippen LogP contribution in [0.15, 0.2) is 12.1 Å². The van der Waals surface area contributed by atoms with Crippen LogP contribution in [-0.4, -0.2) is 15.2 Å². The van der Waals surface area contributed by atoms with E-state index in [2.05, 4.69) is 45.6 Å². The topological polar surface area (TPSA) is 9.23 Å². The van der Waals surface area contributed by atoms with E-state index < -0.39 is 8.07 Å². The smallest absolute Gasteiger partial charge is 0.124 e. The van der Waals surface area contributed by atoms with Gasteiger partial charge in [0.25, 0.3) is 0 Å². The lowest BCUT2D eigenvalue weighted by molar-refractivity contribution is 0.408. The van der Waals surface area contributed by atoms with E-state index in [0.29, 0.717) is 0 Å². The van der Waals surface area contributed by atoms with Crippen LogP contribution in [0.1, 0.15) is 11.1 Å². The van der Waals surface area contributed by atoms with E-state index in [1.165, 1.54) is 16.3 Å². The second kappa shape index (κ2) is 3.77. The molecule has 1 nitrogen and oxygen atoms in total. The van der Waals surface area contributed by atoms with Crippen LogP contribution in [0.25, 0.3) is 0 Å². The predicted octanol–water partition coefficient (Wildman–Crippen LogP) is 2.86. The van der Waals surface area contributed by atoms with Crippen molar-refractivity contribution in [2.45, 2.75) is 33.5 Å². The maximum atomic E-state index is 5.36. The molecular weight excluding hydrogens is 188 g/mol. The van der Waals surface area contributed by atoms with E-state index in [1.807, 2.05) is 0 Å². The van der Waals surface area contributed by atoms with Crippen LogP contribution in [0, 0.1) is 13.8 Å². The standard InChI is InChI=1S/C12H20OSi/c1-9-7-11(14(4,5)6)8-10(2)12(9)13-3/h7-8H,1-6H3. The van der Waals surface area contributed by atoms with Crippen LogP contribution in [0.3, 0.4) is 0 Å². The molecular formula is C12H20OSi. The SMILES string of the molecule is COc1c(C)cc([Si](C)(C)C)cc1C. The van der Waals surface area contributed by atoms with Gasteiger partial charge in [-0.3, -0.25) is 0 Å². The third-order valence-electron chi connectivity index (χ3n) is 2.53. The summed E-state index contributed by atoms with van der Waals surface area (Å²) in [4.78, 5) is 0. The molecule has 0 atom stereocenters. The summed E-state index contributed by atoms with van der Waals surface area (Å²) >= 11 is 0. The van der Waals surface area contributed by atoms with Crippen molar-refractivity contribution in [1.82, 2.24) is 0 Å². The molecule has 1 aromatic rings. The third kappa shape index (κ3) is 2.18. The quantitative estimate of drug-likeness (QED) is 0.679. The zero-order chi connectivity index (χ0) is 10.9. The lowest BCUT2D eigenvalue weighted by Gasteiger charge is -2.19. The van der Waals surface area contributed by atoms with E-state index in [-0.39, 0.29) is 0 Å². The molecule has 0 unspecified atom stereocenters. The summed E-state index contributed by atoms with van der Waals surface area (Å²) in [5.74, 6) is 1.03. The molecule has 0 bridgehead atoms. The number of benzene rings is 1. The molecule has 0 heterocycles. The molecule has 0 aliphatic carbocycles. The van der Waals surface area contributed by atoms with Crippen LogP contribution in [-0.2, 0) is 0 Å².